The zero-order chi connectivity index (χ0) is 14.5. The zero-order valence-corrected chi connectivity index (χ0v) is 11.9. The maximum absolute atomic E-state index is 12.0. The number of carbonyl (C=O) groups is 1. The van der Waals surface area contributed by atoms with Crippen molar-refractivity contribution in [1.82, 2.24) is 0 Å². The Balaban J connectivity index is 3.24. The third-order valence-corrected chi connectivity index (χ3v) is 3.09. The molecule has 1 rings (SSSR count). The molecule has 0 spiro atoms. The number of esters is 1. The van der Waals surface area contributed by atoms with Crippen molar-refractivity contribution < 1.29 is 24.1 Å². The van der Waals surface area contributed by atoms with E-state index >= 15 is 0 Å². The molecule has 0 radical (unpaired) electrons. The van der Waals surface area contributed by atoms with Crippen LogP contribution in [0.2, 0.25) is 0 Å². The molecule has 0 fully saturated rings. The summed E-state index contributed by atoms with van der Waals surface area (Å²) in [6.45, 7) is 4.09. The van der Waals surface area contributed by atoms with Gasteiger partial charge in [0.1, 0.15) is 5.57 Å². The molecule has 0 atom stereocenters. The van der Waals surface area contributed by atoms with Crippen LogP contribution in [0.1, 0.15) is 26.7 Å². The lowest BCUT2D eigenvalue weighted by atomic mass is 10.0. The lowest BCUT2D eigenvalue weighted by molar-refractivity contribution is -0.185. The monoisotopic (exact) mass is 271 g/mol. The van der Waals surface area contributed by atoms with Crippen molar-refractivity contribution in [1.29, 1.82) is 0 Å². The Labute approximate surface area is 113 Å². The summed E-state index contributed by atoms with van der Waals surface area (Å²) in [6.07, 6.45) is 1.48. The predicted molar refractivity (Wildman–Crippen MR) is 70.2 cm³/mol. The molecule has 108 valence electrons. The average molecular weight is 271 g/mol. The first kappa shape index (κ1) is 15.7. The fourth-order valence-electron chi connectivity index (χ4n) is 1.80. The molecular weight excluding hydrogens is 250 g/mol. The van der Waals surface area contributed by atoms with Crippen molar-refractivity contribution in [2.24, 2.45) is 4.99 Å². The molecule has 0 aromatic rings. The van der Waals surface area contributed by atoms with E-state index in [9.17, 15) is 9.90 Å². The van der Waals surface area contributed by atoms with Crippen molar-refractivity contribution >= 4 is 11.7 Å². The van der Waals surface area contributed by atoms with Gasteiger partial charge in [0.05, 0.1) is 12.3 Å². The van der Waals surface area contributed by atoms with E-state index in [2.05, 4.69) is 4.99 Å². The van der Waals surface area contributed by atoms with Gasteiger partial charge in [-0.15, -0.1) is 0 Å². The first-order valence-corrected chi connectivity index (χ1v) is 6.25. The first-order valence-electron chi connectivity index (χ1n) is 6.25. The molecule has 6 nitrogen and oxygen atoms in total. The smallest absolute Gasteiger partial charge is 0.343 e. The Hall–Kier alpha value is -1.40. The predicted octanol–water partition coefficient (Wildman–Crippen LogP) is 1.61. The topological polar surface area (TPSA) is 77.4 Å². The van der Waals surface area contributed by atoms with Crippen molar-refractivity contribution in [3.63, 3.8) is 0 Å². The number of aliphatic hydroxyl groups is 1. The van der Waals surface area contributed by atoms with Crippen LogP contribution in [0.25, 0.3) is 0 Å². The van der Waals surface area contributed by atoms with E-state index in [1.165, 1.54) is 21.1 Å². The molecule has 6 heteroatoms. The largest absolute Gasteiger partial charge is 0.506 e. The Kier molecular flexibility index (Phi) is 5.50. The summed E-state index contributed by atoms with van der Waals surface area (Å²) in [4.78, 5) is 16.2. The van der Waals surface area contributed by atoms with Gasteiger partial charge in [-0.25, -0.2) is 4.79 Å². The Morgan fingerprint density at radius 3 is 2.47 bits per heavy atom. The number of rotatable bonds is 6. The number of aliphatic hydroxyl groups excluding tert-OH is 1. The number of hydrogen-bond donors (Lipinski definition) is 1. The molecule has 1 aliphatic rings. The molecule has 1 aliphatic heterocycles. The molecule has 0 bridgehead atoms. The summed E-state index contributed by atoms with van der Waals surface area (Å²) in [6, 6.07) is 0. The minimum absolute atomic E-state index is 0.0468. The van der Waals surface area contributed by atoms with Crippen LogP contribution in [-0.4, -0.2) is 49.9 Å². The van der Waals surface area contributed by atoms with Gasteiger partial charge in [0.2, 0.25) is 5.79 Å². The van der Waals surface area contributed by atoms with Gasteiger partial charge in [0, 0.05) is 20.8 Å². The van der Waals surface area contributed by atoms with Crippen LogP contribution < -0.4 is 0 Å². The fraction of sp³-hybridized carbons (Fsp3) is 0.692. The maximum Gasteiger partial charge on any atom is 0.343 e. The molecule has 0 aliphatic carbocycles. The second-order valence-electron chi connectivity index (χ2n) is 4.23. The molecule has 0 amide bonds. The third kappa shape index (κ3) is 3.33. The van der Waals surface area contributed by atoms with E-state index in [-0.39, 0.29) is 17.9 Å². The molecule has 0 saturated heterocycles. The van der Waals surface area contributed by atoms with Gasteiger partial charge in [-0.2, -0.15) is 0 Å². The number of methoxy groups -OCH3 is 2. The van der Waals surface area contributed by atoms with E-state index in [4.69, 9.17) is 14.2 Å². The van der Waals surface area contributed by atoms with Crippen LogP contribution in [0.5, 0.6) is 0 Å². The summed E-state index contributed by atoms with van der Waals surface area (Å²) in [5.74, 6) is -2.31. The van der Waals surface area contributed by atoms with Gasteiger partial charge < -0.3 is 19.3 Å². The lowest BCUT2D eigenvalue weighted by Crippen LogP contribution is -2.35. The number of ether oxygens (including phenoxy) is 3. The quantitative estimate of drug-likeness (QED) is 0.344. The SMILES string of the molecule is CCOC(=O)/C(C1=NCCC1)=C(/O)C(C)(OC)OC. The van der Waals surface area contributed by atoms with Gasteiger partial charge in [0.15, 0.2) is 5.76 Å². The Bertz CT molecular complexity index is 396. The lowest BCUT2D eigenvalue weighted by Gasteiger charge is -2.27. The van der Waals surface area contributed by atoms with Crippen molar-refractivity contribution in [2.75, 3.05) is 27.4 Å². The van der Waals surface area contributed by atoms with Gasteiger partial charge in [-0.3, -0.25) is 4.99 Å². The number of hydrogen-bond acceptors (Lipinski definition) is 6. The fourth-order valence-corrected chi connectivity index (χ4v) is 1.80. The average Bonchev–Trinajstić information content (AvgIpc) is 2.92. The Morgan fingerprint density at radius 2 is 2.05 bits per heavy atom. The van der Waals surface area contributed by atoms with E-state index < -0.39 is 11.8 Å². The summed E-state index contributed by atoms with van der Waals surface area (Å²) in [5, 5.41) is 10.3. The van der Waals surface area contributed by atoms with E-state index in [0.29, 0.717) is 18.7 Å². The highest BCUT2D eigenvalue weighted by molar-refractivity contribution is 6.20. The molecule has 0 aromatic carbocycles. The minimum Gasteiger partial charge on any atom is -0.506 e. The highest BCUT2D eigenvalue weighted by Gasteiger charge is 2.36. The van der Waals surface area contributed by atoms with E-state index in [1.807, 2.05) is 0 Å². The Morgan fingerprint density at radius 1 is 1.42 bits per heavy atom. The van der Waals surface area contributed by atoms with Crippen LogP contribution >= 0.6 is 0 Å². The summed E-state index contributed by atoms with van der Waals surface area (Å²) >= 11 is 0. The molecule has 0 aromatic heterocycles. The van der Waals surface area contributed by atoms with Crippen LogP contribution in [0.4, 0.5) is 0 Å². The van der Waals surface area contributed by atoms with Gasteiger partial charge >= 0.3 is 5.97 Å². The van der Waals surface area contributed by atoms with Gasteiger partial charge in [0.25, 0.3) is 0 Å². The van der Waals surface area contributed by atoms with Crippen molar-refractivity contribution in [3.8, 4) is 0 Å². The third-order valence-electron chi connectivity index (χ3n) is 3.09. The highest BCUT2D eigenvalue weighted by atomic mass is 16.7. The maximum atomic E-state index is 12.0. The molecule has 1 N–H and O–H groups in total. The number of nitrogens with zero attached hydrogens (tertiary/aromatic N) is 1. The second-order valence-corrected chi connectivity index (χ2v) is 4.23. The van der Waals surface area contributed by atoms with E-state index in [0.717, 1.165) is 6.42 Å². The molecular formula is C13H21NO5. The van der Waals surface area contributed by atoms with Crippen molar-refractivity contribution in [2.45, 2.75) is 32.5 Å². The standard InChI is InChI=1S/C13H21NO5/c1-5-19-12(16)10(9-7-6-8-14-9)11(15)13(2,17-3)18-4/h15H,5-8H2,1-4H3/b11-10+. The molecule has 1 heterocycles. The van der Waals surface area contributed by atoms with Crippen LogP contribution in [0, 0.1) is 0 Å². The number of carbonyl (C=O) groups excluding carboxylic acids is 1. The van der Waals surface area contributed by atoms with E-state index in [1.54, 1.807) is 6.92 Å². The van der Waals surface area contributed by atoms with Gasteiger partial charge in [-0.05, 0) is 26.7 Å². The van der Waals surface area contributed by atoms with Crippen LogP contribution in [-0.2, 0) is 19.0 Å². The highest BCUT2D eigenvalue weighted by Crippen LogP contribution is 2.26. The summed E-state index contributed by atoms with van der Waals surface area (Å²) in [7, 11) is 2.78. The second kappa shape index (κ2) is 6.68. The first-order chi connectivity index (χ1) is 9.00. The molecule has 19 heavy (non-hydrogen) atoms. The number of aliphatic imine (C=N–C) groups is 1. The summed E-state index contributed by atoms with van der Waals surface area (Å²) in [5.41, 5.74) is 0.585. The van der Waals surface area contributed by atoms with Crippen molar-refractivity contribution in [3.05, 3.63) is 11.3 Å². The minimum atomic E-state index is -1.40. The summed E-state index contributed by atoms with van der Waals surface area (Å²) < 4.78 is 15.2. The van der Waals surface area contributed by atoms with Crippen LogP contribution in [0.15, 0.2) is 16.3 Å². The zero-order valence-electron chi connectivity index (χ0n) is 11.9. The molecule has 0 saturated carbocycles. The normalized spacial score (nSPS) is 16.9. The van der Waals surface area contributed by atoms with Crippen LogP contribution in [0.3, 0.4) is 0 Å². The van der Waals surface area contributed by atoms with Gasteiger partial charge in [-0.1, -0.05) is 0 Å². The molecule has 0 unspecified atom stereocenters.